The number of unbranched alkanes of at least 4 members (excludes halogenated alkanes) is 48. The van der Waals surface area contributed by atoms with Crippen molar-refractivity contribution < 1.29 is 42.9 Å². The Kier molecular flexibility index (Phi) is 74.4. The molecule has 2 atom stereocenters. The monoisotopic (exact) mass is 1340 g/mol. The lowest BCUT2D eigenvalue weighted by Gasteiger charge is -2.26. The van der Waals surface area contributed by atoms with Crippen molar-refractivity contribution >= 4 is 17.9 Å². The van der Waals surface area contributed by atoms with E-state index in [1.54, 1.807) is 0 Å². The summed E-state index contributed by atoms with van der Waals surface area (Å²) in [6.45, 7) is 4.70. The summed E-state index contributed by atoms with van der Waals surface area (Å²) in [6.07, 6.45) is 103. The zero-order chi connectivity index (χ0) is 69.7. The van der Waals surface area contributed by atoms with E-state index in [0.717, 1.165) is 83.5 Å². The predicted molar refractivity (Wildman–Crippen MR) is 412 cm³/mol. The zero-order valence-corrected chi connectivity index (χ0v) is 64.0. The SMILES string of the molecule is CC/C=C\C/C=C\C/C=C\C/C=C\C/C=C\C/C=C\C/C=C\CCCCCCCCCCCCCCCCCC(=O)OC(COC(=O)CCCCCCCCCCCCCCCCCCCCCCCCCCCCCCCCCCCC)COC(OCC[N+](C)(C)C)C(=O)[O-]. The van der Waals surface area contributed by atoms with Crippen LogP contribution in [-0.2, 0) is 33.3 Å². The minimum Gasteiger partial charge on any atom is -0.545 e. The van der Waals surface area contributed by atoms with Crippen LogP contribution in [0.3, 0.4) is 0 Å². The van der Waals surface area contributed by atoms with E-state index >= 15 is 0 Å². The number of allylic oxidation sites excluding steroid dienone is 14. The molecule has 0 rings (SSSR count). The third-order valence-corrected chi connectivity index (χ3v) is 18.4. The molecule has 0 aliphatic carbocycles. The van der Waals surface area contributed by atoms with Crippen molar-refractivity contribution in [1.29, 1.82) is 0 Å². The van der Waals surface area contributed by atoms with Crippen molar-refractivity contribution in [1.82, 2.24) is 0 Å². The Balaban J connectivity index is 3.99. The number of quaternary nitrogens is 1. The average Bonchev–Trinajstić information content (AvgIpc) is 2.74. The minimum absolute atomic E-state index is 0.148. The maximum atomic E-state index is 13.0. The molecule has 9 nitrogen and oxygen atoms in total. The smallest absolute Gasteiger partial charge is 0.306 e. The molecule has 0 N–H and O–H groups in total. The number of hydrogen-bond donors (Lipinski definition) is 0. The summed E-state index contributed by atoms with van der Waals surface area (Å²) >= 11 is 0. The highest BCUT2D eigenvalue weighted by atomic mass is 16.7. The number of hydrogen-bond acceptors (Lipinski definition) is 8. The third kappa shape index (κ3) is 77.8. The summed E-state index contributed by atoms with van der Waals surface area (Å²) in [5.74, 6) is -2.26. The summed E-state index contributed by atoms with van der Waals surface area (Å²) in [4.78, 5) is 37.6. The van der Waals surface area contributed by atoms with E-state index < -0.39 is 24.3 Å². The van der Waals surface area contributed by atoms with Crippen LogP contribution < -0.4 is 5.11 Å². The first kappa shape index (κ1) is 92.5. The summed E-state index contributed by atoms with van der Waals surface area (Å²) in [6, 6.07) is 0. The highest BCUT2D eigenvalue weighted by Gasteiger charge is 2.22. The predicted octanol–water partition coefficient (Wildman–Crippen LogP) is 25.2. The second-order valence-electron chi connectivity index (χ2n) is 29.0. The second kappa shape index (κ2) is 77.2. The molecular formula is C87H157NO8. The lowest BCUT2D eigenvalue weighted by molar-refractivity contribution is -0.870. The van der Waals surface area contributed by atoms with Gasteiger partial charge in [-0.3, -0.25) is 9.59 Å². The van der Waals surface area contributed by atoms with Crippen LogP contribution in [0, 0.1) is 0 Å². The van der Waals surface area contributed by atoms with Gasteiger partial charge in [0.25, 0.3) is 0 Å². The Hall–Kier alpha value is -3.53. The van der Waals surface area contributed by atoms with Gasteiger partial charge in [0, 0.05) is 12.8 Å². The number of rotatable bonds is 77. The van der Waals surface area contributed by atoms with Crippen LogP contribution in [0.15, 0.2) is 85.1 Å². The molecule has 2 unspecified atom stereocenters. The molecule has 0 saturated heterocycles. The molecule has 0 aliphatic rings. The van der Waals surface area contributed by atoms with Crippen LogP contribution in [0.1, 0.15) is 393 Å². The van der Waals surface area contributed by atoms with Gasteiger partial charge < -0.3 is 33.3 Å². The number of carboxylic acids is 1. The maximum Gasteiger partial charge on any atom is 0.306 e. The van der Waals surface area contributed by atoms with Gasteiger partial charge in [0.05, 0.1) is 40.3 Å². The highest BCUT2D eigenvalue weighted by molar-refractivity contribution is 5.70. The fourth-order valence-electron chi connectivity index (χ4n) is 12.2. The largest absolute Gasteiger partial charge is 0.545 e. The lowest BCUT2D eigenvalue weighted by Crippen LogP contribution is -2.44. The summed E-state index contributed by atoms with van der Waals surface area (Å²) in [5, 5.41) is 11.9. The van der Waals surface area contributed by atoms with Crippen molar-refractivity contribution in [3.8, 4) is 0 Å². The van der Waals surface area contributed by atoms with E-state index in [2.05, 4.69) is 98.9 Å². The van der Waals surface area contributed by atoms with Gasteiger partial charge in [-0.05, 0) is 70.6 Å². The van der Waals surface area contributed by atoms with Gasteiger partial charge in [0.1, 0.15) is 13.2 Å². The molecule has 558 valence electrons. The number of carbonyl (C=O) groups is 3. The average molecular weight is 1350 g/mol. The van der Waals surface area contributed by atoms with Crippen LogP contribution in [0.5, 0.6) is 0 Å². The van der Waals surface area contributed by atoms with Gasteiger partial charge in [-0.2, -0.15) is 0 Å². The van der Waals surface area contributed by atoms with Crippen molar-refractivity contribution in [3.05, 3.63) is 85.1 Å². The van der Waals surface area contributed by atoms with Gasteiger partial charge in [-0.25, -0.2) is 0 Å². The van der Waals surface area contributed by atoms with Crippen LogP contribution in [0.2, 0.25) is 0 Å². The normalized spacial score (nSPS) is 13.1. The molecule has 0 heterocycles. The van der Waals surface area contributed by atoms with Gasteiger partial charge in [-0.1, -0.05) is 394 Å². The molecule has 96 heavy (non-hydrogen) atoms. The van der Waals surface area contributed by atoms with Crippen LogP contribution in [-0.4, -0.2) is 82.3 Å². The zero-order valence-electron chi connectivity index (χ0n) is 64.0. The molecule has 0 aromatic heterocycles. The van der Waals surface area contributed by atoms with Crippen LogP contribution in [0.25, 0.3) is 0 Å². The molecule has 0 radical (unpaired) electrons. The quantitative estimate of drug-likeness (QED) is 0.0195. The number of aliphatic carboxylic acids is 1. The molecule has 0 amide bonds. The van der Waals surface area contributed by atoms with E-state index in [1.807, 2.05) is 21.1 Å². The first-order chi connectivity index (χ1) is 47.1. The highest BCUT2D eigenvalue weighted by Crippen LogP contribution is 2.20. The molecule has 0 aromatic carbocycles. The topological polar surface area (TPSA) is 111 Å². The summed E-state index contributed by atoms with van der Waals surface area (Å²) in [5.41, 5.74) is 0. The van der Waals surface area contributed by atoms with Crippen molar-refractivity contribution in [3.63, 3.8) is 0 Å². The summed E-state index contributed by atoms with van der Waals surface area (Å²) in [7, 11) is 5.95. The number of likely N-dealkylation sites (N-methyl/N-ethyl adjacent to an activating group) is 1. The van der Waals surface area contributed by atoms with Gasteiger partial charge >= 0.3 is 11.9 Å². The van der Waals surface area contributed by atoms with Gasteiger partial charge in [0.15, 0.2) is 12.4 Å². The Morgan fingerprint density at radius 2 is 0.594 bits per heavy atom. The molecule has 0 fully saturated rings. The molecule has 0 aromatic rings. The Labute approximate surface area is 595 Å². The molecular weight excluding hydrogens is 1190 g/mol. The second-order valence-corrected chi connectivity index (χ2v) is 29.0. The fourth-order valence-corrected chi connectivity index (χ4v) is 12.2. The first-order valence-electron chi connectivity index (χ1n) is 41.2. The third-order valence-electron chi connectivity index (χ3n) is 18.4. The minimum atomic E-state index is -1.62. The Morgan fingerprint density at radius 3 is 0.885 bits per heavy atom. The number of nitrogens with zero attached hydrogens (tertiary/aromatic N) is 1. The first-order valence-corrected chi connectivity index (χ1v) is 41.2. The lowest BCUT2D eigenvalue weighted by atomic mass is 10.0. The molecule has 0 bridgehead atoms. The number of ether oxygens (including phenoxy) is 4. The van der Waals surface area contributed by atoms with E-state index in [1.165, 1.54) is 276 Å². The van der Waals surface area contributed by atoms with E-state index in [0.29, 0.717) is 23.9 Å². The van der Waals surface area contributed by atoms with E-state index in [9.17, 15) is 19.5 Å². The molecule has 0 saturated carbocycles. The maximum absolute atomic E-state index is 13.0. The number of carboxylic acid groups (broad SMARTS) is 1. The number of esters is 2. The Morgan fingerprint density at radius 1 is 0.323 bits per heavy atom. The standard InChI is InChI=1S/C87H157NO8/c1-6-8-10-12-14-16-18-20-22-24-26-28-30-32-34-36-38-40-42-43-44-46-48-50-52-54-56-58-60-62-64-66-68-70-72-74-76-78-85(90)96-83(82-95-87(86(91)92)93-80-79-88(3,4)5)81-94-84(89)77-75-73-71-69-67-65-63-61-59-57-55-53-51-49-47-45-41-39-37-35-33-31-29-27-25-23-21-19-17-15-13-11-9-7-2/h8,10,14,16,20,22,26,28,32,34,38,40,43-44,83,87H,6-7,9,11-13,15,17-19,21,23-25,27,29-31,33,35-37,39,41-42,45-82H2,1-5H3/b10-8-,16-14-,22-20-,28-26-,34-32-,40-38-,44-43-. The Bertz CT molecular complexity index is 1860. The molecule has 9 heteroatoms. The van der Waals surface area contributed by atoms with Crippen molar-refractivity contribution in [2.24, 2.45) is 0 Å². The fraction of sp³-hybridized carbons (Fsp3) is 0.805. The van der Waals surface area contributed by atoms with E-state index in [4.69, 9.17) is 18.9 Å². The van der Waals surface area contributed by atoms with Crippen LogP contribution >= 0.6 is 0 Å². The van der Waals surface area contributed by atoms with Crippen LogP contribution in [0.4, 0.5) is 0 Å². The van der Waals surface area contributed by atoms with Crippen molar-refractivity contribution in [2.45, 2.75) is 405 Å². The molecule has 0 aliphatic heterocycles. The number of carbonyl (C=O) groups excluding carboxylic acids is 3. The van der Waals surface area contributed by atoms with E-state index in [-0.39, 0.29) is 32.2 Å². The van der Waals surface area contributed by atoms with Gasteiger partial charge in [0.2, 0.25) is 0 Å². The van der Waals surface area contributed by atoms with Gasteiger partial charge in [-0.15, -0.1) is 0 Å². The molecule has 0 spiro atoms. The summed E-state index contributed by atoms with van der Waals surface area (Å²) < 4.78 is 22.9. The van der Waals surface area contributed by atoms with Crippen molar-refractivity contribution in [2.75, 3.05) is 47.5 Å².